The first-order valence-electron chi connectivity index (χ1n) is 6.30. The molecule has 0 atom stereocenters. The number of phenolic OH excluding ortho intramolecular Hbond substituents is 1. The number of aromatic nitrogens is 2. The molecule has 0 aliphatic carbocycles. The zero-order valence-corrected chi connectivity index (χ0v) is 12.1. The van der Waals surface area contributed by atoms with Gasteiger partial charge in [-0.25, -0.2) is 4.79 Å². The third-order valence-corrected chi connectivity index (χ3v) is 3.18. The Kier molecular flexibility index (Phi) is 4.02. The Morgan fingerprint density at radius 2 is 2.00 bits per heavy atom. The summed E-state index contributed by atoms with van der Waals surface area (Å²) in [6.07, 6.45) is 1.50. The van der Waals surface area contributed by atoms with E-state index in [1.54, 1.807) is 19.2 Å². The fraction of sp³-hybridized carbons (Fsp3) is 0.286. The van der Waals surface area contributed by atoms with Crippen molar-refractivity contribution in [2.45, 2.75) is 6.54 Å². The average molecular weight is 291 g/mol. The number of nitrogens with zero attached hydrogens (tertiary/aromatic N) is 2. The highest BCUT2D eigenvalue weighted by Gasteiger charge is 2.07. The maximum Gasteiger partial charge on any atom is 0.330 e. The molecule has 0 aliphatic rings. The molecule has 7 nitrogen and oxygen atoms in total. The molecule has 0 fully saturated rings. The first-order chi connectivity index (χ1) is 9.93. The van der Waals surface area contributed by atoms with Gasteiger partial charge in [-0.2, -0.15) is 0 Å². The molecule has 2 N–H and O–H groups in total. The van der Waals surface area contributed by atoms with E-state index >= 15 is 0 Å². The summed E-state index contributed by atoms with van der Waals surface area (Å²) in [5, 5.41) is 12.7. The van der Waals surface area contributed by atoms with Crippen LogP contribution in [0.1, 0.15) is 5.56 Å². The van der Waals surface area contributed by atoms with E-state index in [2.05, 4.69) is 5.32 Å². The van der Waals surface area contributed by atoms with E-state index in [1.807, 2.05) is 0 Å². The standard InChI is InChI=1S/C14H17N3O4/c1-16-8-9(13(19)17(2)14(16)20)7-15-10-4-5-12(21-3)11(18)6-10/h4-6,8,15,18H,7H2,1-3H3. The molecule has 1 aromatic heterocycles. The van der Waals surface area contributed by atoms with Crippen LogP contribution in [-0.4, -0.2) is 21.4 Å². The van der Waals surface area contributed by atoms with Crippen LogP contribution in [0, 0.1) is 0 Å². The smallest absolute Gasteiger partial charge is 0.330 e. The Bertz CT molecular complexity index is 777. The van der Waals surface area contributed by atoms with Gasteiger partial charge >= 0.3 is 5.69 Å². The zero-order valence-electron chi connectivity index (χ0n) is 12.1. The Hall–Kier alpha value is -2.70. The highest BCUT2D eigenvalue weighted by molar-refractivity contribution is 5.54. The Morgan fingerprint density at radius 1 is 1.29 bits per heavy atom. The topological polar surface area (TPSA) is 85.5 Å². The van der Waals surface area contributed by atoms with Gasteiger partial charge in [-0.1, -0.05) is 0 Å². The number of benzene rings is 1. The second kappa shape index (κ2) is 5.74. The maximum atomic E-state index is 12.0. The highest BCUT2D eigenvalue weighted by Crippen LogP contribution is 2.28. The van der Waals surface area contributed by atoms with Crippen molar-refractivity contribution < 1.29 is 9.84 Å². The van der Waals surface area contributed by atoms with Crippen LogP contribution in [0.5, 0.6) is 11.5 Å². The van der Waals surface area contributed by atoms with Gasteiger partial charge in [0.2, 0.25) is 0 Å². The predicted molar refractivity (Wildman–Crippen MR) is 78.9 cm³/mol. The van der Waals surface area contributed by atoms with Gasteiger partial charge in [-0.15, -0.1) is 0 Å². The highest BCUT2D eigenvalue weighted by atomic mass is 16.5. The third-order valence-electron chi connectivity index (χ3n) is 3.18. The number of hydrogen-bond acceptors (Lipinski definition) is 5. The van der Waals surface area contributed by atoms with Crippen molar-refractivity contribution in [1.29, 1.82) is 0 Å². The fourth-order valence-electron chi connectivity index (χ4n) is 2.00. The van der Waals surface area contributed by atoms with Crippen molar-refractivity contribution in [2.24, 2.45) is 14.1 Å². The normalized spacial score (nSPS) is 10.4. The third kappa shape index (κ3) is 2.91. The quantitative estimate of drug-likeness (QED) is 0.852. The molecular formula is C14H17N3O4. The van der Waals surface area contributed by atoms with Gasteiger partial charge in [0, 0.05) is 38.6 Å². The maximum absolute atomic E-state index is 12.0. The molecule has 2 aromatic rings. The second-order valence-electron chi connectivity index (χ2n) is 4.65. The Labute approximate surface area is 121 Å². The molecule has 0 aliphatic heterocycles. The SMILES string of the molecule is COc1ccc(NCc2cn(C)c(=O)n(C)c2=O)cc1O. The van der Waals surface area contributed by atoms with Gasteiger partial charge in [0.05, 0.1) is 12.7 Å². The monoisotopic (exact) mass is 291 g/mol. The lowest BCUT2D eigenvalue weighted by atomic mass is 10.2. The number of aromatic hydroxyl groups is 1. The van der Waals surface area contributed by atoms with Crippen molar-refractivity contribution in [1.82, 2.24) is 9.13 Å². The van der Waals surface area contributed by atoms with Crippen LogP contribution in [0.25, 0.3) is 0 Å². The summed E-state index contributed by atoms with van der Waals surface area (Å²) in [6, 6.07) is 4.85. The van der Waals surface area contributed by atoms with Crippen LogP contribution in [0.3, 0.4) is 0 Å². The van der Waals surface area contributed by atoms with E-state index in [4.69, 9.17) is 4.74 Å². The van der Waals surface area contributed by atoms with E-state index in [1.165, 1.54) is 31.0 Å². The molecule has 0 spiro atoms. The summed E-state index contributed by atoms with van der Waals surface area (Å²) in [5.74, 6) is 0.384. The van der Waals surface area contributed by atoms with Crippen LogP contribution in [0.2, 0.25) is 0 Å². The molecule has 0 unspecified atom stereocenters. The van der Waals surface area contributed by atoms with Gasteiger partial charge in [0.15, 0.2) is 11.5 Å². The van der Waals surface area contributed by atoms with Crippen molar-refractivity contribution in [3.05, 3.63) is 50.8 Å². The number of nitrogens with one attached hydrogen (secondary N) is 1. The van der Waals surface area contributed by atoms with Crippen LogP contribution in [0.15, 0.2) is 34.0 Å². The molecule has 0 saturated heterocycles. The van der Waals surface area contributed by atoms with Crippen LogP contribution in [-0.2, 0) is 20.6 Å². The van der Waals surface area contributed by atoms with Gasteiger partial charge in [-0.3, -0.25) is 9.36 Å². The number of hydrogen-bond donors (Lipinski definition) is 2. The Balaban J connectivity index is 2.23. The molecule has 21 heavy (non-hydrogen) atoms. The average Bonchev–Trinajstić information content (AvgIpc) is 2.47. The van der Waals surface area contributed by atoms with Gasteiger partial charge in [0.1, 0.15) is 0 Å². The van der Waals surface area contributed by atoms with E-state index in [0.29, 0.717) is 17.0 Å². The van der Waals surface area contributed by atoms with Gasteiger partial charge in [0.25, 0.3) is 5.56 Å². The molecule has 0 radical (unpaired) electrons. The molecule has 7 heteroatoms. The van der Waals surface area contributed by atoms with Crippen molar-refractivity contribution >= 4 is 5.69 Å². The summed E-state index contributed by atoms with van der Waals surface area (Å²) in [5.41, 5.74) is 0.383. The summed E-state index contributed by atoms with van der Waals surface area (Å²) >= 11 is 0. The summed E-state index contributed by atoms with van der Waals surface area (Å²) in [4.78, 5) is 23.6. The molecule has 1 aromatic carbocycles. The minimum Gasteiger partial charge on any atom is -0.504 e. The number of ether oxygens (including phenoxy) is 1. The minimum absolute atomic E-state index is 0.0101. The number of rotatable bonds is 4. The second-order valence-corrected chi connectivity index (χ2v) is 4.65. The fourth-order valence-corrected chi connectivity index (χ4v) is 2.00. The largest absolute Gasteiger partial charge is 0.504 e. The van der Waals surface area contributed by atoms with Crippen LogP contribution in [0.4, 0.5) is 5.69 Å². The molecule has 2 rings (SSSR count). The predicted octanol–water partition coefficient (Wildman–Crippen LogP) is 0.410. The number of methoxy groups -OCH3 is 1. The van der Waals surface area contributed by atoms with Crippen molar-refractivity contribution in [2.75, 3.05) is 12.4 Å². The zero-order chi connectivity index (χ0) is 15.6. The van der Waals surface area contributed by atoms with Crippen LogP contribution < -0.4 is 21.3 Å². The van der Waals surface area contributed by atoms with Gasteiger partial charge < -0.3 is 19.7 Å². The van der Waals surface area contributed by atoms with E-state index in [0.717, 1.165) is 4.57 Å². The summed E-state index contributed by atoms with van der Waals surface area (Å²) in [7, 11) is 4.49. The number of anilines is 1. The molecule has 0 saturated carbocycles. The number of phenols is 1. The van der Waals surface area contributed by atoms with Gasteiger partial charge in [-0.05, 0) is 12.1 Å². The van der Waals surface area contributed by atoms with Crippen LogP contribution >= 0.6 is 0 Å². The summed E-state index contributed by atoms with van der Waals surface area (Å²) in [6.45, 7) is 0.243. The molecule has 112 valence electrons. The van der Waals surface area contributed by atoms with E-state index < -0.39 is 0 Å². The first kappa shape index (κ1) is 14.7. The lowest BCUT2D eigenvalue weighted by Crippen LogP contribution is -2.38. The van der Waals surface area contributed by atoms with E-state index in [-0.39, 0.29) is 23.5 Å². The first-order valence-corrected chi connectivity index (χ1v) is 6.30. The minimum atomic E-state index is -0.370. The van der Waals surface area contributed by atoms with Crippen molar-refractivity contribution in [3.63, 3.8) is 0 Å². The Morgan fingerprint density at radius 3 is 2.62 bits per heavy atom. The molecule has 0 bridgehead atoms. The molecule has 1 heterocycles. The molecular weight excluding hydrogens is 274 g/mol. The van der Waals surface area contributed by atoms with E-state index in [9.17, 15) is 14.7 Å². The molecule has 0 amide bonds. The lowest BCUT2D eigenvalue weighted by molar-refractivity contribution is 0.373. The number of aryl methyl sites for hydroxylation is 1. The lowest BCUT2D eigenvalue weighted by Gasteiger charge is -2.10. The van der Waals surface area contributed by atoms with Crippen molar-refractivity contribution in [3.8, 4) is 11.5 Å². The summed E-state index contributed by atoms with van der Waals surface area (Å²) < 4.78 is 7.37.